The van der Waals surface area contributed by atoms with Crippen LogP contribution in [0.5, 0.6) is 11.5 Å². The molecule has 0 aliphatic heterocycles. The molecule has 7 nitrogen and oxygen atoms in total. The number of hydrogen-bond acceptors (Lipinski definition) is 5. The molecule has 2 aromatic carbocycles. The quantitative estimate of drug-likeness (QED) is 0.508. The van der Waals surface area contributed by atoms with Crippen molar-refractivity contribution in [2.75, 3.05) is 26.5 Å². The summed E-state index contributed by atoms with van der Waals surface area (Å²) in [5.41, 5.74) is 0.303. The maximum absolute atomic E-state index is 13.5. The molecule has 0 aliphatic rings. The molecule has 1 aromatic heterocycles. The number of ether oxygens (including phenoxy) is 2. The van der Waals surface area contributed by atoms with Gasteiger partial charge in [0.15, 0.2) is 5.69 Å². The molecule has 1 heterocycles. The Bertz CT molecular complexity index is 1170. The van der Waals surface area contributed by atoms with Crippen molar-refractivity contribution in [2.45, 2.75) is 13.1 Å². The molecular formula is C21H22F3N3O4S. The Kier molecular flexibility index (Phi) is 6.79. The van der Waals surface area contributed by atoms with Gasteiger partial charge in [0.05, 0.1) is 24.7 Å². The standard InChI is InChI=1S/C21H22F3N3O4S/c1-14-19(15-4-8-18(9-5-15)31-13-12-25-32(3,28)29)27(26-20(14)21(22,23)24)16-6-10-17(30-2)11-7-16/h4-11,25H,12-13H2,1-3H3. The summed E-state index contributed by atoms with van der Waals surface area (Å²) in [6.45, 7) is 1.58. The van der Waals surface area contributed by atoms with Gasteiger partial charge in [-0.2, -0.15) is 18.3 Å². The van der Waals surface area contributed by atoms with Gasteiger partial charge in [-0.25, -0.2) is 17.8 Å². The summed E-state index contributed by atoms with van der Waals surface area (Å²) < 4.78 is 76.9. The Morgan fingerprint density at radius 1 is 1.03 bits per heavy atom. The first-order chi connectivity index (χ1) is 15.0. The molecule has 0 atom stereocenters. The number of rotatable bonds is 8. The van der Waals surface area contributed by atoms with Crippen LogP contribution in [0.3, 0.4) is 0 Å². The molecule has 0 spiro atoms. The number of sulfonamides is 1. The molecule has 0 unspecified atom stereocenters. The van der Waals surface area contributed by atoms with Crippen LogP contribution in [-0.2, 0) is 16.2 Å². The number of aromatic nitrogens is 2. The Morgan fingerprint density at radius 2 is 1.62 bits per heavy atom. The van der Waals surface area contributed by atoms with E-state index >= 15 is 0 Å². The van der Waals surface area contributed by atoms with E-state index < -0.39 is 21.9 Å². The molecule has 0 bridgehead atoms. The SMILES string of the molecule is COc1ccc(-n2nc(C(F)(F)F)c(C)c2-c2ccc(OCCNS(C)(=O)=O)cc2)cc1. The van der Waals surface area contributed by atoms with Gasteiger partial charge >= 0.3 is 6.18 Å². The Morgan fingerprint density at radius 3 is 2.16 bits per heavy atom. The predicted octanol–water partition coefficient (Wildman–Crippen LogP) is 3.80. The molecule has 0 amide bonds. The normalized spacial score (nSPS) is 12.1. The largest absolute Gasteiger partial charge is 0.497 e. The highest BCUT2D eigenvalue weighted by Gasteiger charge is 2.38. The van der Waals surface area contributed by atoms with E-state index in [1.807, 2.05) is 0 Å². The van der Waals surface area contributed by atoms with Crippen molar-refractivity contribution in [1.82, 2.24) is 14.5 Å². The lowest BCUT2D eigenvalue weighted by molar-refractivity contribution is -0.141. The third-order valence-corrected chi connectivity index (χ3v) is 5.30. The molecule has 3 aromatic rings. The van der Waals surface area contributed by atoms with Crippen LogP contribution >= 0.6 is 0 Å². The van der Waals surface area contributed by atoms with Gasteiger partial charge in [-0.05, 0) is 55.5 Å². The molecule has 0 saturated heterocycles. The molecule has 32 heavy (non-hydrogen) atoms. The summed E-state index contributed by atoms with van der Waals surface area (Å²) in [6, 6.07) is 13.0. The number of nitrogens with zero attached hydrogens (tertiary/aromatic N) is 2. The Hall–Kier alpha value is -3.05. The van der Waals surface area contributed by atoms with E-state index in [1.54, 1.807) is 48.5 Å². The van der Waals surface area contributed by atoms with E-state index in [2.05, 4.69) is 9.82 Å². The van der Waals surface area contributed by atoms with Gasteiger partial charge in [-0.15, -0.1) is 0 Å². The summed E-state index contributed by atoms with van der Waals surface area (Å²) >= 11 is 0. The van der Waals surface area contributed by atoms with Crippen molar-refractivity contribution in [1.29, 1.82) is 0 Å². The van der Waals surface area contributed by atoms with Crippen molar-refractivity contribution in [3.8, 4) is 28.4 Å². The van der Waals surface area contributed by atoms with Crippen LogP contribution in [0.1, 0.15) is 11.3 Å². The molecule has 0 fully saturated rings. The number of methoxy groups -OCH3 is 1. The Balaban J connectivity index is 1.92. The molecule has 0 saturated carbocycles. The molecule has 1 N–H and O–H groups in total. The minimum atomic E-state index is -4.60. The minimum Gasteiger partial charge on any atom is -0.497 e. The second-order valence-corrected chi connectivity index (χ2v) is 8.80. The third-order valence-electron chi connectivity index (χ3n) is 4.57. The zero-order valence-corrected chi connectivity index (χ0v) is 18.4. The number of nitrogens with one attached hydrogen (secondary N) is 1. The van der Waals surface area contributed by atoms with Crippen LogP contribution in [0.2, 0.25) is 0 Å². The first-order valence-corrected chi connectivity index (χ1v) is 11.4. The van der Waals surface area contributed by atoms with Crippen LogP contribution in [0.15, 0.2) is 48.5 Å². The number of halogens is 3. The highest BCUT2D eigenvalue weighted by Crippen LogP contribution is 2.37. The van der Waals surface area contributed by atoms with Gasteiger partial charge in [0.25, 0.3) is 0 Å². The lowest BCUT2D eigenvalue weighted by atomic mass is 10.1. The zero-order valence-electron chi connectivity index (χ0n) is 17.6. The number of alkyl halides is 3. The monoisotopic (exact) mass is 469 g/mol. The highest BCUT2D eigenvalue weighted by molar-refractivity contribution is 7.88. The number of hydrogen-bond donors (Lipinski definition) is 1. The van der Waals surface area contributed by atoms with Crippen molar-refractivity contribution in [2.24, 2.45) is 0 Å². The number of benzene rings is 2. The summed E-state index contributed by atoms with van der Waals surface area (Å²) in [5, 5.41) is 3.84. The average Bonchev–Trinajstić information content (AvgIpc) is 3.08. The highest BCUT2D eigenvalue weighted by atomic mass is 32.2. The maximum Gasteiger partial charge on any atom is 0.435 e. The third kappa shape index (κ3) is 5.60. The van der Waals surface area contributed by atoms with E-state index in [9.17, 15) is 21.6 Å². The minimum absolute atomic E-state index is 0.000612. The fraction of sp³-hybridized carbons (Fsp3) is 0.286. The molecular weight excluding hydrogens is 447 g/mol. The molecule has 172 valence electrons. The topological polar surface area (TPSA) is 82.4 Å². The van der Waals surface area contributed by atoms with Crippen LogP contribution in [0, 0.1) is 6.92 Å². The maximum atomic E-state index is 13.5. The van der Waals surface area contributed by atoms with Crippen LogP contribution in [0.4, 0.5) is 13.2 Å². The van der Waals surface area contributed by atoms with Gasteiger partial charge < -0.3 is 9.47 Å². The van der Waals surface area contributed by atoms with Crippen molar-refractivity contribution in [3.63, 3.8) is 0 Å². The fourth-order valence-electron chi connectivity index (χ4n) is 3.12. The zero-order chi connectivity index (χ0) is 23.5. The molecule has 0 aliphatic carbocycles. The first-order valence-electron chi connectivity index (χ1n) is 9.48. The fourth-order valence-corrected chi connectivity index (χ4v) is 3.57. The van der Waals surface area contributed by atoms with Crippen molar-refractivity contribution in [3.05, 3.63) is 59.8 Å². The first kappa shape index (κ1) is 23.6. The summed E-state index contributed by atoms with van der Waals surface area (Å²) in [6.07, 6.45) is -3.56. The van der Waals surface area contributed by atoms with Gasteiger partial charge in [-0.3, -0.25) is 0 Å². The second-order valence-electron chi connectivity index (χ2n) is 6.97. The summed E-state index contributed by atoms with van der Waals surface area (Å²) in [4.78, 5) is 0. The summed E-state index contributed by atoms with van der Waals surface area (Å²) in [5.74, 6) is 1.02. The lowest BCUT2D eigenvalue weighted by Gasteiger charge is -2.11. The van der Waals surface area contributed by atoms with Crippen molar-refractivity contribution >= 4 is 10.0 Å². The van der Waals surface area contributed by atoms with E-state index in [1.165, 1.54) is 18.7 Å². The van der Waals surface area contributed by atoms with E-state index in [4.69, 9.17) is 9.47 Å². The van der Waals surface area contributed by atoms with E-state index in [0.717, 1.165) is 6.26 Å². The Labute approximate surface area is 183 Å². The van der Waals surface area contributed by atoms with E-state index in [-0.39, 0.29) is 18.7 Å². The molecule has 0 radical (unpaired) electrons. The van der Waals surface area contributed by atoms with Gasteiger partial charge in [0.2, 0.25) is 10.0 Å². The van der Waals surface area contributed by atoms with E-state index in [0.29, 0.717) is 28.4 Å². The van der Waals surface area contributed by atoms with Crippen LogP contribution in [-0.4, -0.2) is 44.7 Å². The molecule has 3 rings (SSSR count). The van der Waals surface area contributed by atoms with Gasteiger partial charge in [-0.1, -0.05) is 0 Å². The van der Waals surface area contributed by atoms with Gasteiger partial charge in [0.1, 0.15) is 18.1 Å². The van der Waals surface area contributed by atoms with Crippen LogP contribution in [0.25, 0.3) is 16.9 Å². The lowest BCUT2D eigenvalue weighted by Crippen LogP contribution is -2.26. The average molecular weight is 469 g/mol. The van der Waals surface area contributed by atoms with Crippen LogP contribution < -0.4 is 14.2 Å². The predicted molar refractivity (Wildman–Crippen MR) is 114 cm³/mol. The van der Waals surface area contributed by atoms with Gasteiger partial charge in [0, 0.05) is 17.7 Å². The second kappa shape index (κ2) is 9.21. The molecule has 11 heteroatoms. The smallest absolute Gasteiger partial charge is 0.435 e. The van der Waals surface area contributed by atoms with Crippen molar-refractivity contribution < 1.29 is 31.1 Å². The summed E-state index contributed by atoms with van der Waals surface area (Å²) in [7, 11) is -1.81.